The van der Waals surface area contributed by atoms with E-state index in [1.165, 1.54) is 17.2 Å². The van der Waals surface area contributed by atoms with E-state index in [9.17, 15) is 14.7 Å². The SMILES string of the molecule is CC(C)=CCCC(C)=CCc1c(O)ccc2c3c([nH]c12)C(=O)C=C(C)C3=O. The molecule has 27 heavy (non-hydrogen) atoms. The van der Waals surface area contributed by atoms with Gasteiger partial charge in [0.15, 0.2) is 5.78 Å². The van der Waals surface area contributed by atoms with Crippen molar-refractivity contribution in [2.75, 3.05) is 0 Å². The normalized spacial score (nSPS) is 14.4. The predicted octanol–water partition coefficient (Wildman–Crippen LogP) is 5.43. The predicted molar refractivity (Wildman–Crippen MR) is 109 cm³/mol. The fourth-order valence-electron chi connectivity index (χ4n) is 3.44. The second-order valence-corrected chi connectivity index (χ2v) is 7.46. The Morgan fingerprint density at radius 1 is 1.15 bits per heavy atom. The number of aromatic nitrogens is 1. The van der Waals surface area contributed by atoms with Crippen molar-refractivity contribution in [3.8, 4) is 5.75 Å². The van der Waals surface area contributed by atoms with Gasteiger partial charge in [-0.05, 0) is 65.2 Å². The van der Waals surface area contributed by atoms with Gasteiger partial charge >= 0.3 is 0 Å². The first kappa shape index (κ1) is 18.9. The maximum Gasteiger partial charge on any atom is 0.203 e. The molecule has 0 bridgehead atoms. The number of Topliss-reactive ketones (excluding diaryl/α,β-unsaturated/α-hetero) is 1. The first-order valence-electron chi connectivity index (χ1n) is 9.22. The van der Waals surface area contributed by atoms with Crippen LogP contribution in [0.1, 0.15) is 66.9 Å². The van der Waals surface area contributed by atoms with Crippen molar-refractivity contribution in [1.29, 1.82) is 0 Å². The van der Waals surface area contributed by atoms with Gasteiger partial charge in [0.2, 0.25) is 5.78 Å². The van der Waals surface area contributed by atoms with E-state index < -0.39 is 0 Å². The van der Waals surface area contributed by atoms with Crippen molar-refractivity contribution in [2.45, 2.75) is 47.0 Å². The average molecular weight is 363 g/mol. The van der Waals surface area contributed by atoms with E-state index in [-0.39, 0.29) is 17.3 Å². The highest BCUT2D eigenvalue weighted by Crippen LogP contribution is 2.34. The number of allylic oxidation sites excluding steroid dienone is 6. The van der Waals surface area contributed by atoms with E-state index in [1.807, 2.05) is 0 Å². The molecular formula is C23H25NO3. The summed E-state index contributed by atoms with van der Waals surface area (Å²) in [6, 6.07) is 3.31. The molecule has 3 rings (SSSR count). The van der Waals surface area contributed by atoms with Crippen molar-refractivity contribution in [1.82, 2.24) is 4.98 Å². The molecule has 2 aromatic rings. The molecule has 0 spiro atoms. The quantitative estimate of drug-likeness (QED) is 0.696. The number of ketones is 2. The molecule has 0 radical (unpaired) electrons. The standard InChI is InChI=1S/C23H25NO3/c1-13(2)6-5-7-14(3)8-9-16-18(25)11-10-17-20-22(24-21(16)17)19(26)12-15(4)23(20)27/h6,8,10-12,24-25H,5,7,9H2,1-4H3. The van der Waals surface area contributed by atoms with E-state index in [1.54, 1.807) is 19.1 Å². The molecule has 1 aliphatic rings. The minimum atomic E-state index is -0.197. The molecule has 4 heteroatoms. The van der Waals surface area contributed by atoms with Gasteiger partial charge in [0, 0.05) is 16.5 Å². The Kier molecular flexibility index (Phi) is 5.17. The number of rotatable bonds is 5. The number of carbonyl (C=O) groups is 2. The van der Waals surface area contributed by atoms with Crippen molar-refractivity contribution >= 4 is 22.5 Å². The van der Waals surface area contributed by atoms with Crippen LogP contribution in [0.15, 0.2) is 47.1 Å². The second kappa shape index (κ2) is 7.39. The van der Waals surface area contributed by atoms with Crippen LogP contribution in [-0.4, -0.2) is 21.7 Å². The Balaban J connectivity index is 1.98. The number of fused-ring (bicyclic) bond motifs is 3. The Morgan fingerprint density at radius 2 is 1.89 bits per heavy atom. The molecular weight excluding hydrogens is 338 g/mol. The molecule has 0 saturated carbocycles. The molecule has 1 aromatic carbocycles. The van der Waals surface area contributed by atoms with Crippen LogP contribution < -0.4 is 0 Å². The van der Waals surface area contributed by atoms with E-state index in [0.29, 0.717) is 39.7 Å². The van der Waals surface area contributed by atoms with Crippen LogP contribution in [0.25, 0.3) is 10.9 Å². The third kappa shape index (κ3) is 3.65. The van der Waals surface area contributed by atoms with E-state index in [0.717, 1.165) is 12.8 Å². The summed E-state index contributed by atoms with van der Waals surface area (Å²) in [5.74, 6) is -0.169. The van der Waals surface area contributed by atoms with Crippen molar-refractivity contribution < 1.29 is 14.7 Å². The van der Waals surface area contributed by atoms with E-state index in [2.05, 4.69) is 37.9 Å². The van der Waals surface area contributed by atoms with Crippen molar-refractivity contribution in [2.24, 2.45) is 0 Å². The monoisotopic (exact) mass is 363 g/mol. The van der Waals surface area contributed by atoms with Gasteiger partial charge in [0.05, 0.1) is 16.8 Å². The second-order valence-electron chi connectivity index (χ2n) is 7.46. The molecule has 0 aliphatic heterocycles. The minimum absolute atomic E-state index is 0.138. The van der Waals surface area contributed by atoms with Crippen LogP contribution in [-0.2, 0) is 6.42 Å². The van der Waals surface area contributed by atoms with Crippen LogP contribution in [0.4, 0.5) is 0 Å². The van der Waals surface area contributed by atoms with E-state index in [4.69, 9.17) is 0 Å². The molecule has 0 atom stereocenters. The first-order valence-corrected chi connectivity index (χ1v) is 9.22. The number of hydrogen-bond acceptors (Lipinski definition) is 3. The van der Waals surface area contributed by atoms with Crippen LogP contribution in [0.2, 0.25) is 0 Å². The zero-order valence-electron chi connectivity index (χ0n) is 16.3. The molecule has 1 aliphatic carbocycles. The Bertz CT molecular complexity index is 1030. The highest BCUT2D eigenvalue weighted by molar-refractivity contribution is 6.29. The van der Waals surface area contributed by atoms with Gasteiger partial charge in [-0.3, -0.25) is 9.59 Å². The fourth-order valence-corrected chi connectivity index (χ4v) is 3.44. The van der Waals surface area contributed by atoms with Gasteiger partial charge in [0.25, 0.3) is 0 Å². The summed E-state index contributed by atoms with van der Waals surface area (Å²) in [5.41, 5.74) is 5.10. The number of phenolic OH excluding ortho intramolecular Hbond substituents is 1. The van der Waals surface area contributed by atoms with Gasteiger partial charge in [-0.25, -0.2) is 0 Å². The number of aromatic amines is 1. The maximum absolute atomic E-state index is 12.6. The van der Waals surface area contributed by atoms with Crippen LogP contribution in [0, 0.1) is 0 Å². The van der Waals surface area contributed by atoms with Crippen molar-refractivity contribution in [3.63, 3.8) is 0 Å². The number of H-pyrrole nitrogens is 1. The summed E-state index contributed by atoms with van der Waals surface area (Å²) in [4.78, 5) is 28.0. The highest BCUT2D eigenvalue weighted by Gasteiger charge is 2.28. The lowest BCUT2D eigenvalue weighted by atomic mass is 9.93. The van der Waals surface area contributed by atoms with Crippen LogP contribution in [0.5, 0.6) is 5.75 Å². The van der Waals surface area contributed by atoms with Gasteiger partial charge in [-0.15, -0.1) is 0 Å². The average Bonchev–Trinajstić information content (AvgIpc) is 2.99. The Hall–Kier alpha value is -2.88. The van der Waals surface area contributed by atoms with Crippen molar-refractivity contribution in [3.05, 3.63) is 63.9 Å². The Labute approximate surface area is 159 Å². The summed E-state index contributed by atoms with van der Waals surface area (Å²) in [6.45, 7) is 7.91. The molecule has 1 heterocycles. The number of nitrogens with one attached hydrogen (secondary N) is 1. The topological polar surface area (TPSA) is 70.2 Å². The number of phenols is 1. The van der Waals surface area contributed by atoms with Gasteiger partial charge in [-0.2, -0.15) is 0 Å². The molecule has 0 unspecified atom stereocenters. The number of hydrogen-bond donors (Lipinski definition) is 2. The summed E-state index contributed by atoms with van der Waals surface area (Å²) in [6.07, 6.45) is 8.17. The van der Waals surface area contributed by atoms with Gasteiger partial charge in [-0.1, -0.05) is 23.3 Å². The molecule has 0 fully saturated rings. The number of carbonyl (C=O) groups excluding carboxylic acids is 2. The molecule has 0 saturated heterocycles. The molecule has 140 valence electrons. The van der Waals surface area contributed by atoms with Gasteiger partial charge < -0.3 is 10.1 Å². The first-order chi connectivity index (χ1) is 12.8. The minimum Gasteiger partial charge on any atom is -0.508 e. The maximum atomic E-state index is 12.6. The highest BCUT2D eigenvalue weighted by atomic mass is 16.3. The molecule has 1 aromatic heterocycles. The summed E-state index contributed by atoms with van der Waals surface area (Å²) in [7, 11) is 0. The zero-order valence-corrected chi connectivity index (χ0v) is 16.3. The van der Waals surface area contributed by atoms with Crippen LogP contribution in [0.3, 0.4) is 0 Å². The third-order valence-electron chi connectivity index (χ3n) is 4.98. The molecule has 2 N–H and O–H groups in total. The largest absolute Gasteiger partial charge is 0.508 e. The smallest absolute Gasteiger partial charge is 0.203 e. The van der Waals surface area contributed by atoms with Gasteiger partial charge in [0.1, 0.15) is 5.75 Å². The third-order valence-corrected chi connectivity index (χ3v) is 4.98. The van der Waals surface area contributed by atoms with E-state index >= 15 is 0 Å². The Morgan fingerprint density at radius 3 is 2.59 bits per heavy atom. The number of benzene rings is 1. The zero-order chi connectivity index (χ0) is 19.7. The lowest BCUT2D eigenvalue weighted by Gasteiger charge is -2.08. The summed E-state index contributed by atoms with van der Waals surface area (Å²) in [5, 5.41) is 11.1. The lowest BCUT2D eigenvalue weighted by Crippen LogP contribution is -2.14. The lowest BCUT2D eigenvalue weighted by molar-refractivity contribution is 0.0983. The summed E-state index contributed by atoms with van der Waals surface area (Å²) < 4.78 is 0. The molecule has 4 nitrogen and oxygen atoms in total. The number of aromatic hydroxyl groups is 1. The van der Waals surface area contributed by atoms with Crippen LogP contribution >= 0.6 is 0 Å². The summed E-state index contributed by atoms with van der Waals surface area (Å²) >= 11 is 0. The molecule has 0 amide bonds. The fraction of sp³-hybridized carbons (Fsp3) is 0.304.